The van der Waals surface area contributed by atoms with Crippen molar-refractivity contribution in [2.75, 3.05) is 0 Å². The highest BCUT2D eigenvalue weighted by molar-refractivity contribution is 5.88. The zero-order valence-electron chi connectivity index (χ0n) is 13.7. The van der Waals surface area contributed by atoms with Gasteiger partial charge in [-0.25, -0.2) is 0 Å². The van der Waals surface area contributed by atoms with Gasteiger partial charge in [0, 0.05) is 30.1 Å². The maximum absolute atomic E-state index is 10.7. The summed E-state index contributed by atoms with van der Waals surface area (Å²) in [5.74, 6) is 0. The Labute approximate surface area is 141 Å². The maximum Gasteiger partial charge on any atom is 0.103 e. The van der Waals surface area contributed by atoms with E-state index in [9.17, 15) is 5.11 Å². The molecule has 2 atom stereocenters. The quantitative estimate of drug-likeness (QED) is 0.799. The molecule has 3 heteroatoms. The smallest absolute Gasteiger partial charge is 0.103 e. The monoisotopic (exact) mass is 319 g/mol. The van der Waals surface area contributed by atoms with Crippen LogP contribution in [0.2, 0.25) is 0 Å². The predicted octanol–water partition coefficient (Wildman–Crippen LogP) is 3.69. The normalized spacial score (nSPS) is 20.1. The first-order valence-electron chi connectivity index (χ1n) is 8.32. The Morgan fingerprint density at radius 2 is 1.83 bits per heavy atom. The molecule has 0 aliphatic heterocycles. The van der Waals surface area contributed by atoms with Crippen molar-refractivity contribution in [1.82, 2.24) is 4.57 Å². The van der Waals surface area contributed by atoms with Crippen LogP contribution in [0.25, 0.3) is 17.0 Å². The standard InChI is InChI=1S/C21H21NO2/c1-22-18-10-6-5-9-16(18)17-13-20(23)21(12-11-19(17)22)24-14-15-7-3-2-4-8-15/h2-12,20-21,23H,13-14H2,1H3. The highest BCUT2D eigenvalue weighted by Gasteiger charge is 2.25. The van der Waals surface area contributed by atoms with Gasteiger partial charge in [0.25, 0.3) is 0 Å². The van der Waals surface area contributed by atoms with E-state index in [1.165, 1.54) is 16.5 Å². The number of aromatic nitrogens is 1. The number of hydrogen-bond acceptors (Lipinski definition) is 2. The second kappa shape index (κ2) is 6.27. The molecule has 1 heterocycles. The summed E-state index contributed by atoms with van der Waals surface area (Å²) in [6, 6.07) is 18.4. The molecule has 1 N–H and O–H groups in total. The van der Waals surface area contributed by atoms with Crippen molar-refractivity contribution in [3.8, 4) is 0 Å². The minimum absolute atomic E-state index is 0.295. The number of hydrogen-bond donors (Lipinski definition) is 1. The lowest BCUT2D eigenvalue weighted by Gasteiger charge is -2.19. The van der Waals surface area contributed by atoms with Crippen molar-refractivity contribution in [2.24, 2.45) is 7.05 Å². The van der Waals surface area contributed by atoms with Gasteiger partial charge >= 0.3 is 0 Å². The number of ether oxygens (including phenoxy) is 1. The summed E-state index contributed by atoms with van der Waals surface area (Å²) in [6.45, 7) is 0.504. The molecule has 24 heavy (non-hydrogen) atoms. The molecule has 0 spiro atoms. The summed E-state index contributed by atoms with van der Waals surface area (Å²) in [5.41, 5.74) is 4.66. The van der Waals surface area contributed by atoms with E-state index < -0.39 is 6.10 Å². The van der Waals surface area contributed by atoms with E-state index in [4.69, 9.17) is 4.74 Å². The minimum Gasteiger partial charge on any atom is -0.390 e. The molecule has 1 aliphatic rings. The van der Waals surface area contributed by atoms with Crippen molar-refractivity contribution < 1.29 is 9.84 Å². The second-order valence-electron chi connectivity index (χ2n) is 6.33. The Kier molecular flexibility index (Phi) is 3.97. The van der Waals surface area contributed by atoms with E-state index in [0.29, 0.717) is 13.0 Å². The molecule has 0 saturated carbocycles. The van der Waals surface area contributed by atoms with Crippen LogP contribution in [0, 0.1) is 0 Å². The predicted molar refractivity (Wildman–Crippen MR) is 96.7 cm³/mol. The van der Waals surface area contributed by atoms with Crippen LogP contribution in [-0.2, 0) is 24.8 Å². The number of aryl methyl sites for hydroxylation is 1. The van der Waals surface area contributed by atoms with E-state index in [2.05, 4.69) is 29.8 Å². The molecule has 2 aromatic carbocycles. The molecule has 4 rings (SSSR count). The fourth-order valence-corrected chi connectivity index (χ4v) is 3.49. The van der Waals surface area contributed by atoms with Crippen molar-refractivity contribution in [2.45, 2.75) is 25.2 Å². The van der Waals surface area contributed by atoms with Crippen molar-refractivity contribution in [1.29, 1.82) is 0 Å². The van der Waals surface area contributed by atoms with Gasteiger partial charge in [0.1, 0.15) is 6.10 Å². The summed E-state index contributed by atoms with van der Waals surface area (Å²) in [4.78, 5) is 0. The number of aliphatic hydroxyl groups excluding tert-OH is 1. The lowest BCUT2D eigenvalue weighted by Crippen LogP contribution is -2.28. The molecule has 3 nitrogen and oxygen atoms in total. The van der Waals surface area contributed by atoms with Crippen LogP contribution in [0.5, 0.6) is 0 Å². The summed E-state index contributed by atoms with van der Waals surface area (Å²) in [6.07, 6.45) is 3.83. The summed E-state index contributed by atoms with van der Waals surface area (Å²) in [7, 11) is 2.07. The first kappa shape index (κ1) is 15.2. The third-order valence-electron chi connectivity index (χ3n) is 4.78. The zero-order chi connectivity index (χ0) is 16.5. The van der Waals surface area contributed by atoms with E-state index in [-0.39, 0.29) is 6.10 Å². The zero-order valence-corrected chi connectivity index (χ0v) is 13.7. The van der Waals surface area contributed by atoms with Crippen LogP contribution < -0.4 is 0 Å². The summed E-state index contributed by atoms with van der Waals surface area (Å²) in [5, 5.41) is 11.9. The van der Waals surface area contributed by atoms with Gasteiger partial charge in [-0.1, -0.05) is 54.6 Å². The highest BCUT2D eigenvalue weighted by Crippen LogP contribution is 2.30. The lowest BCUT2D eigenvalue weighted by molar-refractivity contribution is -0.0168. The molecule has 1 aromatic heterocycles. The Balaban J connectivity index is 1.61. The van der Waals surface area contributed by atoms with Crippen LogP contribution in [0.3, 0.4) is 0 Å². The Hall–Kier alpha value is -2.36. The number of fused-ring (bicyclic) bond motifs is 3. The molecule has 122 valence electrons. The Morgan fingerprint density at radius 1 is 1.08 bits per heavy atom. The van der Waals surface area contributed by atoms with Crippen molar-refractivity contribution in [3.05, 3.63) is 77.5 Å². The van der Waals surface area contributed by atoms with Gasteiger partial charge in [0.05, 0.1) is 12.7 Å². The van der Waals surface area contributed by atoms with Crippen LogP contribution in [-0.4, -0.2) is 21.9 Å². The maximum atomic E-state index is 10.7. The van der Waals surface area contributed by atoms with Crippen LogP contribution in [0.15, 0.2) is 60.7 Å². The molecule has 1 aliphatic carbocycles. The minimum atomic E-state index is -0.544. The van der Waals surface area contributed by atoms with E-state index in [1.807, 2.05) is 48.5 Å². The van der Waals surface area contributed by atoms with Crippen molar-refractivity contribution >= 4 is 17.0 Å². The molecule has 3 aromatic rings. The third-order valence-corrected chi connectivity index (χ3v) is 4.78. The Morgan fingerprint density at radius 3 is 2.67 bits per heavy atom. The van der Waals surface area contributed by atoms with E-state index >= 15 is 0 Å². The molecule has 0 fully saturated rings. The fourth-order valence-electron chi connectivity index (χ4n) is 3.49. The van der Waals surface area contributed by atoms with E-state index in [0.717, 1.165) is 11.3 Å². The first-order chi connectivity index (χ1) is 11.7. The number of rotatable bonds is 3. The molecule has 0 saturated heterocycles. The number of para-hydroxylation sites is 1. The second-order valence-corrected chi connectivity index (χ2v) is 6.33. The molecule has 2 unspecified atom stereocenters. The van der Waals surface area contributed by atoms with Crippen molar-refractivity contribution in [3.63, 3.8) is 0 Å². The topological polar surface area (TPSA) is 34.4 Å². The molecule has 0 amide bonds. The molecular weight excluding hydrogens is 298 g/mol. The molecule has 0 bridgehead atoms. The average molecular weight is 319 g/mol. The van der Waals surface area contributed by atoms with E-state index in [1.54, 1.807) is 0 Å². The SMILES string of the molecule is Cn1c2c(c3ccccc31)CC(O)C(OCc1ccccc1)C=C2. The van der Waals surface area contributed by atoms with Gasteiger partial charge in [-0.05, 0) is 23.3 Å². The van der Waals surface area contributed by atoms with Gasteiger partial charge in [-0.2, -0.15) is 0 Å². The number of nitrogens with zero attached hydrogens (tertiary/aromatic N) is 1. The number of benzene rings is 2. The van der Waals surface area contributed by atoms with Crippen LogP contribution >= 0.6 is 0 Å². The first-order valence-corrected chi connectivity index (χ1v) is 8.32. The van der Waals surface area contributed by atoms with Crippen LogP contribution in [0.4, 0.5) is 0 Å². The number of aliphatic hydroxyl groups is 1. The average Bonchev–Trinajstić information content (AvgIpc) is 2.77. The van der Waals surface area contributed by atoms with Gasteiger partial charge < -0.3 is 14.4 Å². The Bertz CT molecular complexity index is 879. The highest BCUT2D eigenvalue weighted by atomic mass is 16.5. The van der Waals surface area contributed by atoms with Gasteiger partial charge in [-0.15, -0.1) is 0 Å². The van der Waals surface area contributed by atoms with Gasteiger partial charge in [0.2, 0.25) is 0 Å². The largest absolute Gasteiger partial charge is 0.390 e. The van der Waals surface area contributed by atoms with Gasteiger partial charge in [-0.3, -0.25) is 0 Å². The summed E-state index contributed by atoms with van der Waals surface area (Å²) < 4.78 is 8.16. The third kappa shape index (κ3) is 2.66. The fraction of sp³-hybridized carbons (Fsp3) is 0.238. The van der Waals surface area contributed by atoms with Gasteiger partial charge in [0.15, 0.2) is 0 Å². The van der Waals surface area contributed by atoms with Crippen LogP contribution in [0.1, 0.15) is 16.8 Å². The molecular formula is C21H21NO2. The molecule has 0 radical (unpaired) electrons. The summed E-state index contributed by atoms with van der Waals surface area (Å²) >= 11 is 0. The lowest BCUT2D eigenvalue weighted by atomic mass is 10.0.